The van der Waals surface area contributed by atoms with Gasteiger partial charge in [-0.3, -0.25) is 0 Å². The topological polar surface area (TPSA) is 63.7 Å². The molecule has 0 bridgehead atoms. The number of rotatable bonds is 1. The van der Waals surface area contributed by atoms with E-state index in [1.807, 2.05) is 0 Å². The molecule has 0 amide bonds. The zero-order valence-corrected chi connectivity index (χ0v) is 6.90. The van der Waals surface area contributed by atoms with Crippen molar-refractivity contribution in [2.24, 2.45) is 0 Å². The summed E-state index contributed by atoms with van der Waals surface area (Å²) < 4.78 is 5.28. The lowest BCUT2D eigenvalue weighted by atomic mass is 10.2. The summed E-state index contributed by atoms with van der Waals surface area (Å²) in [4.78, 5) is 15.5. The van der Waals surface area contributed by atoms with Gasteiger partial charge in [-0.25, -0.2) is 15.0 Å². The second kappa shape index (κ2) is 2.50. The fourth-order valence-corrected chi connectivity index (χ4v) is 1.35. The maximum absolute atomic E-state index is 5.28. The molecule has 1 aliphatic heterocycles. The summed E-state index contributed by atoms with van der Waals surface area (Å²) in [5, 5.41) is 0. The van der Waals surface area contributed by atoms with E-state index >= 15 is 0 Å². The number of nitrogens with one attached hydrogen (secondary N) is 1. The van der Waals surface area contributed by atoms with Crippen LogP contribution in [0.15, 0.2) is 12.5 Å². The van der Waals surface area contributed by atoms with Crippen molar-refractivity contribution in [3.8, 4) is 0 Å². The first kappa shape index (κ1) is 6.97. The van der Waals surface area contributed by atoms with Crippen LogP contribution < -0.4 is 0 Å². The van der Waals surface area contributed by atoms with Gasteiger partial charge in [-0.2, -0.15) is 0 Å². The lowest BCUT2D eigenvalue weighted by Crippen LogP contribution is -2.20. The normalized spacial score (nSPS) is 21.7. The molecule has 1 N–H and O–H groups in total. The Morgan fingerprint density at radius 3 is 3.15 bits per heavy atom. The predicted octanol–water partition coefficient (Wildman–Crippen LogP) is 0.814. The van der Waals surface area contributed by atoms with Gasteiger partial charge in [0.15, 0.2) is 11.5 Å². The van der Waals surface area contributed by atoms with Crippen LogP contribution in [0, 0.1) is 0 Å². The minimum absolute atomic E-state index is 0.0905. The maximum atomic E-state index is 5.28. The van der Waals surface area contributed by atoms with Crippen LogP contribution in [0.5, 0.6) is 0 Å². The number of hydrogen-bond acceptors (Lipinski definition) is 4. The van der Waals surface area contributed by atoms with Gasteiger partial charge in [0.25, 0.3) is 0 Å². The minimum atomic E-state index is 0.0905. The highest BCUT2D eigenvalue weighted by atomic mass is 16.5. The average Bonchev–Trinajstić information content (AvgIpc) is 2.47. The Kier molecular flexibility index (Phi) is 1.34. The van der Waals surface area contributed by atoms with Crippen LogP contribution in [0.2, 0.25) is 0 Å². The van der Waals surface area contributed by atoms with Crippen molar-refractivity contribution in [2.45, 2.75) is 12.5 Å². The highest BCUT2D eigenvalue weighted by Gasteiger charge is 2.23. The maximum Gasteiger partial charge on any atom is 0.161 e. The Bertz CT molecular complexity index is 434. The molecule has 1 atom stereocenters. The van der Waals surface area contributed by atoms with E-state index in [0.29, 0.717) is 0 Å². The molecule has 2 aromatic heterocycles. The molecule has 3 heterocycles. The van der Waals surface area contributed by atoms with E-state index in [4.69, 9.17) is 4.74 Å². The number of fused-ring (bicyclic) bond motifs is 1. The molecular weight excluding hydrogens is 168 g/mol. The van der Waals surface area contributed by atoms with E-state index in [1.54, 1.807) is 12.5 Å². The van der Waals surface area contributed by atoms with Crippen molar-refractivity contribution in [3.63, 3.8) is 0 Å². The Morgan fingerprint density at radius 2 is 2.38 bits per heavy atom. The van der Waals surface area contributed by atoms with E-state index < -0.39 is 0 Å². The largest absolute Gasteiger partial charge is 0.370 e. The van der Waals surface area contributed by atoms with Gasteiger partial charge in [-0.15, -0.1) is 0 Å². The standard InChI is InChI=1S/C8H8N4O/c1-2-13-6(1)8-9-3-5-7(12-8)11-4-10-5/h3-4,6H,1-2H2,(H,9,10,11,12). The molecule has 0 saturated carbocycles. The second-order valence-electron chi connectivity index (χ2n) is 3.01. The zero-order chi connectivity index (χ0) is 8.67. The first-order valence-corrected chi connectivity index (χ1v) is 4.21. The Labute approximate surface area is 74.2 Å². The van der Waals surface area contributed by atoms with Crippen molar-refractivity contribution >= 4 is 11.2 Å². The van der Waals surface area contributed by atoms with Crippen LogP contribution in [-0.2, 0) is 4.74 Å². The number of imidazole rings is 1. The number of aromatic nitrogens is 4. The summed E-state index contributed by atoms with van der Waals surface area (Å²) in [7, 11) is 0. The van der Waals surface area contributed by atoms with Gasteiger partial charge in [0.1, 0.15) is 11.6 Å². The second-order valence-corrected chi connectivity index (χ2v) is 3.01. The third-order valence-corrected chi connectivity index (χ3v) is 2.18. The van der Waals surface area contributed by atoms with Crippen LogP contribution >= 0.6 is 0 Å². The van der Waals surface area contributed by atoms with Crippen LogP contribution in [0.25, 0.3) is 11.2 Å². The fourth-order valence-electron chi connectivity index (χ4n) is 1.35. The molecule has 1 unspecified atom stereocenters. The van der Waals surface area contributed by atoms with Gasteiger partial charge in [-0.1, -0.05) is 0 Å². The van der Waals surface area contributed by atoms with Crippen LogP contribution in [0.3, 0.4) is 0 Å². The summed E-state index contributed by atoms with van der Waals surface area (Å²) in [5.41, 5.74) is 1.57. The number of H-pyrrole nitrogens is 1. The molecule has 1 fully saturated rings. The van der Waals surface area contributed by atoms with Crippen molar-refractivity contribution < 1.29 is 4.74 Å². The monoisotopic (exact) mass is 176 g/mol. The summed E-state index contributed by atoms with van der Waals surface area (Å²) in [5.74, 6) is 0.753. The zero-order valence-electron chi connectivity index (χ0n) is 6.90. The Hall–Kier alpha value is -1.49. The van der Waals surface area contributed by atoms with Crippen molar-refractivity contribution in [1.29, 1.82) is 0 Å². The molecule has 0 radical (unpaired) electrons. The smallest absolute Gasteiger partial charge is 0.161 e. The van der Waals surface area contributed by atoms with Gasteiger partial charge in [0.2, 0.25) is 0 Å². The fraction of sp³-hybridized carbons (Fsp3) is 0.375. The van der Waals surface area contributed by atoms with Gasteiger partial charge in [0.05, 0.1) is 19.1 Å². The van der Waals surface area contributed by atoms with Crippen LogP contribution in [0.4, 0.5) is 0 Å². The Balaban J connectivity index is 2.09. The summed E-state index contributed by atoms with van der Waals surface area (Å²) in [6.45, 7) is 0.815. The van der Waals surface area contributed by atoms with Crippen molar-refractivity contribution in [1.82, 2.24) is 19.9 Å². The molecule has 66 valence electrons. The highest BCUT2D eigenvalue weighted by molar-refractivity contribution is 5.68. The first-order valence-electron chi connectivity index (χ1n) is 4.21. The summed E-state index contributed by atoms with van der Waals surface area (Å²) >= 11 is 0. The number of aromatic amines is 1. The van der Waals surface area contributed by atoms with Gasteiger partial charge in [-0.05, 0) is 0 Å². The van der Waals surface area contributed by atoms with Crippen LogP contribution in [-0.4, -0.2) is 26.5 Å². The quantitative estimate of drug-likeness (QED) is 0.698. The van der Waals surface area contributed by atoms with E-state index in [9.17, 15) is 0 Å². The molecule has 0 aromatic carbocycles. The molecule has 13 heavy (non-hydrogen) atoms. The van der Waals surface area contributed by atoms with E-state index in [1.165, 1.54) is 0 Å². The minimum Gasteiger partial charge on any atom is -0.370 e. The number of ether oxygens (including phenoxy) is 1. The lowest BCUT2D eigenvalue weighted by molar-refractivity contribution is -0.0578. The van der Waals surface area contributed by atoms with Crippen LogP contribution in [0.1, 0.15) is 18.3 Å². The molecule has 3 rings (SSSR count). The number of hydrogen-bond donors (Lipinski definition) is 1. The summed E-state index contributed by atoms with van der Waals surface area (Å²) in [6.07, 6.45) is 4.44. The van der Waals surface area contributed by atoms with E-state index in [-0.39, 0.29) is 6.10 Å². The SMILES string of the molecule is c1nc2cnc(C3CCO3)nc2[nH]1. The molecular formula is C8H8N4O. The first-order chi connectivity index (χ1) is 6.43. The molecule has 1 saturated heterocycles. The van der Waals surface area contributed by atoms with Gasteiger partial charge >= 0.3 is 0 Å². The lowest BCUT2D eigenvalue weighted by Gasteiger charge is -2.24. The van der Waals surface area contributed by atoms with Gasteiger partial charge in [0, 0.05) is 6.42 Å². The van der Waals surface area contributed by atoms with E-state index in [0.717, 1.165) is 30.0 Å². The summed E-state index contributed by atoms with van der Waals surface area (Å²) in [6, 6.07) is 0. The average molecular weight is 176 g/mol. The van der Waals surface area contributed by atoms with E-state index in [2.05, 4.69) is 19.9 Å². The molecule has 0 aliphatic carbocycles. The predicted molar refractivity (Wildman–Crippen MR) is 45.0 cm³/mol. The molecule has 0 spiro atoms. The molecule has 1 aliphatic rings. The third-order valence-electron chi connectivity index (χ3n) is 2.18. The molecule has 5 nitrogen and oxygen atoms in total. The van der Waals surface area contributed by atoms with Crippen molar-refractivity contribution in [3.05, 3.63) is 18.3 Å². The number of nitrogens with zero attached hydrogens (tertiary/aromatic N) is 3. The van der Waals surface area contributed by atoms with Crippen molar-refractivity contribution in [2.75, 3.05) is 6.61 Å². The van der Waals surface area contributed by atoms with Gasteiger partial charge < -0.3 is 9.72 Å². The third kappa shape index (κ3) is 1.01. The highest BCUT2D eigenvalue weighted by Crippen LogP contribution is 2.26. The molecule has 5 heteroatoms. The Morgan fingerprint density at radius 1 is 1.46 bits per heavy atom. The molecule has 2 aromatic rings.